The monoisotopic (exact) mass is 301 g/mol. The molecule has 0 aliphatic carbocycles. The molecule has 0 radical (unpaired) electrons. The van der Waals surface area contributed by atoms with Crippen LogP contribution in [0.25, 0.3) is 0 Å². The molecule has 0 bridgehead atoms. The number of sulfonamides is 1. The van der Waals surface area contributed by atoms with Crippen molar-refractivity contribution in [2.75, 3.05) is 31.2 Å². The highest BCUT2D eigenvalue weighted by molar-refractivity contribution is 7.99. The molecule has 1 aromatic rings. The molecule has 1 aromatic carbocycles. The van der Waals surface area contributed by atoms with E-state index in [0.29, 0.717) is 24.4 Å². The van der Waals surface area contributed by atoms with Crippen LogP contribution in [-0.4, -0.2) is 49.0 Å². The maximum Gasteiger partial charge on any atom is 0.243 e. The average Bonchev–Trinajstić information content (AvgIpc) is 2.46. The molecule has 1 fully saturated rings. The fourth-order valence-electron chi connectivity index (χ4n) is 2.05. The van der Waals surface area contributed by atoms with Crippen LogP contribution in [0.15, 0.2) is 29.2 Å². The molecule has 1 aliphatic rings. The molecular formula is C13H19NO3S2. The van der Waals surface area contributed by atoms with Gasteiger partial charge in [-0.15, -0.1) is 0 Å². The van der Waals surface area contributed by atoms with Crippen LogP contribution >= 0.6 is 11.8 Å². The van der Waals surface area contributed by atoms with Crippen LogP contribution in [0.3, 0.4) is 0 Å². The minimum absolute atomic E-state index is 0.158. The molecule has 0 saturated carbocycles. The molecule has 6 heteroatoms. The molecule has 1 aliphatic heterocycles. The topological polar surface area (TPSA) is 57.6 Å². The van der Waals surface area contributed by atoms with Gasteiger partial charge < -0.3 is 5.11 Å². The van der Waals surface area contributed by atoms with Crippen molar-refractivity contribution in [1.29, 1.82) is 0 Å². The van der Waals surface area contributed by atoms with Crippen LogP contribution in [0.1, 0.15) is 12.0 Å². The third-order valence-electron chi connectivity index (χ3n) is 3.15. The number of nitrogens with zero attached hydrogens (tertiary/aromatic N) is 1. The third-order valence-corrected chi connectivity index (χ3v) is 6.01. The molecule has 19 heavy (non-hydrogen) atoms. The Morgan fingerprint density at radius 3 is 2.37 bits per heavy atom. The largest absolute Gasteiger partial charge is 0.396 e. The summed E-state index contributed by atoms with van der Waals surface area (Å²) in [5, 5.41) is 8.78. The van der Waals surface area contributed by atoms with Crippen molar-refractivity contribution in [3.63, 3.8) is 0 Å². The van der Waals surface area contributed by atoms with Gasteiger partial charge in [-0.3, -0.25) is 0 Å². The summed E-state index contributed by atoms with van der Waals surface area (Å²) in [6.45, 7) is 1.35. The summed E-state index contributed by atoms with van der Waals surface area (Å²) in [5.74, 6) is 1.74. The van der Waals surface area contributed by atoms with E-state index in [1.807, 2.05) is 12.1 Å². The summed E-state index contributed by atoms with van der Waals surface area (Å²) < 4.78 is 26.3. The highest BCUT2D eigenvalue weighted by atomic mass is 32.2. The minimum atomic E-state index is -3.33. The normalized spacial score (nSPS) is 17.5. The summed E-state index contributed by atoms with van der Waals surface area (Å²) in [6.07, 6.45) is 1.48. The second kappa shape index (κ2) is 6.74. The smallest absolute Gasteiger partial charge is 0.243 e. The Morgan fingerprint density at radius 1 is 1.16 bits per heavy atom. The van der Waals surface area contributed by atoms with E-state index in [2.05, 4.69) is 0 Å². The summed E-state index contributed by atoms with van der Waals surface area (Å²) in [6, 6.07) is 7.01. The molecule has 106 valence electrons. The van der Waals surface area contributed by atoms with Crippen molar-refractivity contribution in [3.05, 3.63) is 29.8 Å². The fourth-order valence-corrected chi connectivity index (χ4v) is 4.62. The van der Waals surface area contributed by atoms with Gasteiger partial charge in [0.2, 0.25) is 10.0 Å². The number of aliphatic hydroxyl groups excluding tert-OH is 1. The Balaban J connectivity index is 2.11. The number of thioether (sulfide) groups is 1. The minimum Gasteiger partial charge on any atom is -0.396 e. The second-order valence-corrected chi connectivity index (χ2v) is 7.65. The summed E-state index contributed by atoms with van der Waals surface area (Å²) in [4.78, 5) is 0.368. The van der Waals surface area contributed by atoms with Crippen molar-refractivity contribution in [3.8, 4) is 0 Å². The number of hydrogen-bond acceptors (Lipinski definition) is 4. The number of aryl methyl sites for hydroxylation is 1. The number of aliphatic hydroxyl groups is 1. The summed E-state index contributed by atoms with van der Waals surface area (Å²) in [5.41, 5.74) is 1.06. The van der Waals surface area contributed by atoms with Gasteiger partial charge in [0, 0.05) is 31.2 Å². The zero-order valence-electron chi connectivity index (χ0n) is 10.8. The van der Waals surface area contributed by atoms with E-state index >= 15 is 0 Å². The molecule has 2 rings (SSSR count). The van der Waals surface area contributed by atoms with E-state index in [-0.39, 0.29) is 6.61 Å². The molecule has 0 amide bonds. The Bertz CT molecular complexity index is 493. The van der Waals surface area contributed by atoms with Crippen molar-refractivity contribution >= 4 is 21.8 Å². The first-order valence-electron chi connectivity index (χ1n) is 6.42. The first-order valence-corrected chi connectivity index (χ1v) is 9.02. The molecule has 0 atom stereocenters. The summed E-state index contributed by atoms with van der Waals surface area (Å²) >= 11 is 1.79. The highest BCUT2D eigenvalue weighted by Gasteiger charge is 2.25. The second-order valence-electron chi connectivity index (χ2n) is 4.49. The lowest BCUT2D eigenvalue weighted by molar-refractivity contribution is 0.288. The van der Waals surface area contributed by atoms with Gasteiger partial charge in [-0.2, -0.15) is 16.1 Å². The molecule has 1 saturated heterocycles. The molecule has 0 unspecified atom stereocenters. The standard InChI is InChI=1S/C13H19NO3S2/c15-9-1-2-12-3-5-13(6-4-12)19(16,17)14-7-10-18-11-8-14/h3-6,15H,1-2,7-11H2. The quantitative estimate of drug-likeness (QED) is 0.892. The Hall–Kier alpha value is -0.560. The van der Waals surface area contributed by atoms with E-state index in [1.54, 1.807) is 28.2 Å². The fraction of sp³-hybridized carbons (Fsp3) is 0.538. The number of benzene rings is 1. The van der Waals surface area contributed by atoms with Crippen LogP contribution in [0.5, 0.6) is 0 Å². The van der Waals surface area contributed by atoms with E-state index in [4.69, 9.17) is 5.11 Å². The van der Waals surface area contributed by atoms with Crippen molar-refractivity contribution in [2.24, 2.45) is 0 Å². The molecule has 4 nitrogen and oxygen atoms in total. The van der Waals surface area contributed by atoms with Crippen molar-refractivity contribution < 1.29 is 13.5 Å². The SMILES string of the molecule is O=S(=O)(c1ccc(CCCO)cc1)N1CCSCC1. The van der Waals surface area contributed by atoms with Gasteiger partial charge in [0.05, 0.1) is 4.90 Å². The maximum absolute atomic E-state index is 12.4. The molecule has 1 N–H and O–H groups in total. The van der Waals surface area contributed by atoms with Crippen LogP contribution in [0, 0.1) is 0 Å². The van der Waals surface area contributed by atoms with E-state index in [9.17, 15) is 8.42 Å². The van der Waals surface area contributed by atoms with Crippen LogP contribution in [-0.2, 0) is 16.4 Å². The van der Waals surface area contributed by atoms with Crippen LogP contribution < -0.4 is 0 Å². The predicted octanol–water partition coefficient (Wildman–Crippen LogP) is 1.35. The van der Waals surface area contributed by atoms with Crippen molar-refractivity contribution in [2.45, 2.75) is 17.7 Å². The third kappa shape index (κ3) is 3.72. The first-order chi connectivity index (χ1) is 9.14. The zero-order chi connectivity index (χ0) is 13.7. The zero-order valence-corrected chi connectivity index (χ0v) is 12.4. The van der Waals surface area contributed by atoms with Crippen LogP contribution in [0.4, 0.5) is 0 Å². The van der Waals surface area contributed by atoms with Gasteiger partial charge in [0.15, 0.2) is 0 Å². The van der Waals surface area contributed by atoms with Gasteiger partial charge >= 0.3 is 0 Å². The maximum atomic E-state index is 12.4. The Labute approximate surface area is 118 Å². The van der Waals surface area contributed by atoms with E-state index < -0.39 is 10.0 Å². The van der Waals surface area contributed by atoms with Crippen molar-refractivity contribution in [1.82, 2.24) is 4.31 Å². The van der Waals surface area contributed by atoms with Gasteiger partial charge in [-0.1, -0.05) is 12.1 Å². The molecule has 0 aromatic heterocycles. The molecular weight excluding hydrogens is 282 g/mol. The Morgan fingerprint density at radius 2 is 1.79 bits per heavy atom. The highest BCUT2D eigenvalue weighted by Crippen LogP contribution is 2.20. The lowest BCUT2D eigenvalue weighted by Crippen LogP contribution is -2.37. The average molecular weight is 301 g/mol. The van der Waals surface area contributed by atoms with Gasteiger partial charge in [-0.05, 0) is 30.5 Å². The lowest BCUT2D eigenvalue weighted by atomic mass is 10.1. The van der Waals surface area contributed by atoms with E-state index in [1.165, 1.54) is 0 Å². The lowest BCUT2D eigenvalue weighted by Gasteiger charge is -2.25. The number of rotatable bonds is 5. The molecule has 1 heterocycles. The first kappa shape index (κ1) is 14.8. The van der Waals surface area contributed by atoms with Gasteiger partial charge in [0.25, 0.3) is 0 Å². The van der Waals surface area contributed by atoms with Gasteiger partial charge in [-0.25, -0.2) is 8.42 Å². The predicted molar refractivity (Wildman–Crippen MR) is 77.9 cm³/mol. The van der Waals surface area contributed by atoms with Crippen LogP contribution in [0.2, 0.25) is 0 Å². The van der Waals surface area contributed by atoms with E-state index in [0.717, 1.165) is 23.5 Å². The molecule has 0 spiro atoms. The summed E-state index contributed by atoms with van der Waals surface area (Å²) in [7, 11) is -3.33. The van der Waals surface area contributed by atoms with Gasteiger partial charge in [0.1, 0.15) is 0 Å². The Kier molecular flexibility index (Phi) is 5.27. The number of hydrogen-bond donors (Lipinski definition) is 1.